The maximum atomic E-state index is 13.7. The smallest absolute Gasteiger partial charge is 0.231 e. The first-order valence-corrected chi connectivity index (χ1v) is 12.3. The molecular weight excluding hydrogens is 557 g/mol. The van der Waals surface area contributed by atoms with Gasteiger partial charge in [0.2, 0.25) is 5.91 Å². The highest BCUT2D eigenvalue weighted by atomic mass is 35.5. The molecule has 0 radical (unpaired) electrons. The molecule has 1 aliphatic rings. The summed E-state index contributed by atoms with van der Waals surface area (Å²) >= 11 is 31.3. The van der Waals surface area contributed by atoms with Gasteiger partial charge < -0.3 is 10.6 Å². The van der Waals surface area contributed by atoms with E-state index in [1.54, 1.807) is 37.4 Å². The van der Waals surface area contributed by atoms with E-state index in [0.717, 1.165) is 0 Å². The van der Waals surface area contributed by atoms with Gasteiger partial charge in [-0.15, -0.1) is 23.2 Å². The van der Waals surface area contributed by atoms with Gasteiger partial charge in [0, 0.05) is 40.7 Å². The van der Waals surface area contributed by atoms with E-state index in [1.807, 2.05) is 0 Å². The number of Topliss-reactive ketones (excluding diaryl/α,β-unsaturated/α-hetero) is 1. The molecule has 0 heterocycles. The van der Waals surface area contributed by atoms with Crippen LogP contribution in [-0.4, -0.2) is 23.1 Å². The Labute approximate surface area is 226 Å². The van der Waals surface area contributed by atoms with E-state index in [2.05, 4.69) is 10.6 Å². The molecule has 2 atom stereocenters. The fourth-order valence-corrected chi connectivity index (χ4v) is 5.61. The lowest BCUT2D eigenvalue weighted by Gasteiger charge is -2.10. The van der Waals surface area contributed by atoms with Crippen LogP contribution in [0.15, 0.2) is 54.6 Å². The summed E-state index contributed by atoms with van der Waals surface area (Å²) in [5, 5.41) is 6.54. The number of rotatable bonds is 7. The number of alkyl halides is 2. The Bertz CT molecular complexity index is 1310. The van der Waals surface area contributed by atoms with Crippen molar-refractivity contribution in [3.8, 4) is 0 Å². The fraction of sp³-hybridized carbons (Fsp3) is 0.200. The molecule has 1 saturated carbocycles. The number of anilines is 2. The van der Waals surface area contributed by atoms with Crippen molar-refractivity contribution in [2.24, 2.45) is 5.92 Å². The van der Waals surface area contributed by atoms with Crippen LogP contribution in [0.2, 0.25) is 15.1 Å². The highest BCUT2D eigenvalue weighted by molar-refractivity contribution is 6.53. The van der Waals surface area contributed by atoms with Gasteiger partial charge in [0.25, 0.3) is 0 Å². The second-order valence-corrected chi connectivity index (χ2v) is 10.9. The highest BCUT2D eigenvalue weighted by Crippen LogP contribution is 2.65. The van der Waals surface area contributed by atoms with Crippen molar-refractivity contribution in [2.45, 2.75) is 16.7 Å². The molecular formula is C25H18Cl5FN2O2. The third kappa shape index (κ3) is 5.55. The van der Waals surface area contributed by atoms with Crippen LogP contribution in [0.3, 0.4) is 0 Å². The lowest BCUT2D eigenvalue weighted by atomic mass is 10.0. The summed E-state index contributed by atoms with van der Waals surface area (Å²) in [5.41, 5.74) is 2.13. The van der Waals surface area contributed by atoms with Crippen molar-refractivity contribution in [3.05, 3.63) is 92.2 Å². The maximum absolute atomic E-state index is 13.7. The summed E-state index contributed by atoms with van der Waals surface area (Å²) in [6.45, 7) is 0. The Kier molecular flexibility index (Phi) is 7.56. The molecule has 4 nitrogen and oxygen atoms in total. The van der Waals surface area contributed by atoms with Gasteiger partial charge in [-0.3, -0.25) is 9.59 Å². The van der Waals surface area contributed by atoms with Crippen LogP contribution in [0.5, 0.6) is 0 Å². The highest BCUT2D eigenvalue weighted by Gasteiger charge is 2.67. The monoisotopic (exact) mass is 572 g/mol. The summed E-state index contributed by atoms with van der Waals surface area (Å²) in [6, 6.07) is 13.9. The first kappa shape index (κ1) is 26.1. The van der Waals surface area contributed by atoms with Crippen LogP contribution in [0.25, 0.3) is 0 Å². The number of carbonyl (C=O) groups is 2. The van der Waals surface area contributed by atoms with Crippen LogP contribution < -0.4 is 10.6 Å². The van der Waals surface area contributed by atoms with E-state index in [-0.39, 0.29) is 28.5 Å². The maximum Gasteiger partial charge on any atom is 0.231 e. The molecule has 0 aliphatic heterocycles. The van der Waals surface area contributed by atoms with Crippen LogP contribution in [0.4, 0.5) is 15.8 Å². The quantitative estimate of drug-likeness (QED) is 0.224. The predicted molar refractivity (Wildman–Crippen MR) is 141 cm³/mol. The minimum atomic E-state index is -1.34. The topological polar surface area (TPSA) is 58.2 Å². The molecule has 1 aliphatic carbocycles. The number of carbonyl (C=O) groups excluding carboxylic acids is 2. The minimum absolute atomic E-state index is 0.00121. The lowest BCUT2D eigenvalue weighted by molar-refractivity contribution is -0.117. The minimum Gasteiger partial charge on any atom is -0.386 e. The van der Waals surface area contributed by atoms with E-state index in [9.17, 15) is 14.0 Å². The zero-order valence-corrected chi connectivity index (χ0v) is 21.9. The molecule has 1 fully saturated rings. The Hall–Kier alpha value is -2.02. The predicted octanol–water partition coefficient (Wildman–Crippen LogP) is 7.78. The van der Waals surface area contributed by atoms with Crippen molar-refractivity contribution in [1.82, 2.24) is 0 Å². The van der Waals surface area contributed by atoms with Gasteiger partial charge in [-0.25, -0.2) is 4.39 Å². The van der Waals surface area contributed by atoms with Crippen molar-refractivity contribution >= 4 is 81.1 Å². The molecule has 3 aromatic rings. The van der Waals surface area contributed by atoms with Gasteiger partial charge in [-0.1, -0.05) is 40.9 Å². The van der Waals surface area contributed by atoms with Gasteiger partial charge in [0.1, 0.15) is 10.2 Å². The van der Waals surface area contributed by atoms with Crippen molar-refractivity contribution in [2.75, 3.05) is 17.7 Å². The van der Waals surface area contributed by atoms with Gasteiger partial charge in [-0.05, 0) is 59.7 Å². The zero-order chi connectivity index (χ0) is 25.5. The van der Waals surface area contributed by atoms with Gasteiger partial charge in [-0.2, -0.15) is 0 Å². The Morgan fingerprint density at radius 1 is 0.971 bits per heavy atom. The van der Waals surface area contributed by atoms with Gasteiger partial charge in [0.15, 0.2) is 5.78 Å². The number of hydrogen-bond donors (Lipinski definition) is 2. The third-order valence-electron chi connectivity index (χ3n) is 5.78. The third-order valence-corrected chi connectivity index (χ3v) is 7.49. The molecule has 2 unspecified atom stereocenters. The molecule has 0 aromatic heterocycles. The van der Waals surface area contributed by atoms with Gasteiger partial charge >= 0.3 is 0 Å². The number of halogens is 6. The first-order chi connectivity index (χ1) is 16.5. The first-order valence-electron chi connectivity index (χ1n) is 10.4. The average Bonchev–Trinajstić information content (AvgIpc) is 3.37. The van der Waals surface area contributed by atoms with Crippen molar-refractivity contribution in [1.29, 1.82) is 0 Å². The number of ketones is 1. The fourth-order valence-electron chi connectivity index (χ4n) is 4.01. The average molecular weight is 575 g/mol. The van der Waals surface area contributed by atoms with E-state index < -0.39 is 27.9 Å². The number of amides is 1. The Morgan fingerprint density at radius 3 is 2.31 bits per heavy atom. The second kappa shape index (κ2) is 10.2. The van der Waals surface area contributed by atoms with E-state index in [4.69, 9.17) is 58.0 Å². The summed E-state index contributed by atoms with van der Waals surface area (Å²) < 4.78 is 12.4. The van der Waals surface area contributed by atoms with Crippen molar-refractivity contribution < 1.29 is 14.0 Å². The molecule has 0 spiro atoms. The number of nitrogens with one attached hydrogen (secondary N) is 2. The van der Waals surface area contributed by atoms with Crippen molar-refractivity contribution in [3.63, 3.8) is 0 Å². The van der Waals surface area contributed by atoms with Crippen LogP contribution in [0.1, 0.15) is 27.4 Å². The molecule has 4 rings (SSSR count). The largest absolute Gasteiger partial charge is 0.386 e. The molecule has 35 heavy (non-hydrogen) atoms. The molecule has 10 heteroatoms. The summed E-state index contributed by atoms with van der Waals surface area (Å²) in [5.74, 6) is -2.39. The van der Waals surface area contributed by atoms with Gasteiger partial charge in [0.05, 0.1) is 16.6 Å². The normalized spacial score (nSPS) is 18.1. The summed E-state index contributed by atoms with van der Waals surface area (Å²) in [7, 11) is 1.59. The van der Waals surface area contributed by atoms with Crippen LogP contribution in [-0.2, 0) is 11.2 Å². The SMILES string of the molecule is CNc1cc(CC(=O)c2cc(NC(=O)C3C(c4cc(Cl)cc(Cl)c4)C3(Cl)Cl)ccc2Cl)ccc1F. The van der Waals surface area contributed by atoms with E-state index in [0.29, 0.717) is 26.9 Å². The lowest BCUT2D eigenvalue weighted by Crippen LogP contribution is -2.17. The Balaban J connectivity index is 1.51. The Morgan fingerprint density at radius 2 is 1.66 bits per heavy atom. The zero-order valence-electron chi connectivity index (χ0n) is 18.1. The molecule has 3 aromatic carbocycles. The molecule has 0 saturated heterocycles. The van der Waals surface area contributed by atoms with E-state index >= 15 is 0 Å². The van der Waals surface area contributed by atoms with E-state index in [1.165, 1.54) is 24.3 Å². The molecule has 182 valence electrons. The molecule has 1 amide bonds. The second-order valence-electron chi connectivity index (χ2n) is 8.18. The standard InChI is InChI=1S/C25H18Cl5FN2O2/c1-32-20-6-12(2-5-19(20)31)7-21(34)17-11-16(3-4-18(17)28)33-24(35)23-22(25(23,29)30)13-8-14(26)10-15(27)9-13/h2-6,8-11,22-23,32H,7H2,1H3,(H,33,35). The summed E-state index contributed by atoms with van der Waals surface area (Å²) in [4.78, 5) is 25.9. The molecule has 0 bridgehead atoms. The number of hydrogen-bond acceptors (Lipinski definition) is 3. The van der Waals surface area contributed by atoms with Crippen LogP contribution in [0, 0.1) is 11.7 Å². The molecule has 2 N–H and O–H groups in total. The number of benzene rings is 3. The summed E-state index contributed by atoms with van der Waals surface area (Å²) in [6.07, 6.45) is -0.00121. The van der Waals surface area contributed by atoms with Crippen LogP contribution >= 0.6 is 58.0 Å².